The number of aryl methyl sites for hydroxylation is 2. The zero-order valence-corrected chi connectivity index (χ0v) is 13.1. The first-order valence-electron chi connectivity index (χ1n) is 7.10. The van der Waals surface area contributed by atoms with E-state index in [9.17, 15) is 4.79 Å². The fraction of sp³-hybridized carbons (Fsp3) is 0.278. The zero-order chi connectivity index (χ0) is 15.4. The Labute approximate surface area is 126 Å². The lowest BCUT2D eigenvalue weighted by molar-refractivity contribution is 0.0786. The lowest BCUT2D eigenvalue weighted by Crippen LogP contribution is -2.27. The Morgan fingerprint density at radius 2 is 1.67 bits per heavy atom. The van der Waals surface area contributed by atoms with Gasteiger partial charge >= 0.3 is 0 Å². The number of benzene rings is 2. The summed E-state index contributed by atoms with van der Waals surface area (Å²) >= 11 is 0. The van der Waals surface area contributed by atoms with Crippen molar-refractivity contribution >= 4 is 11.6 Å². The van der Waals surface area contributed by atoms with E-state index < -0.39 is 0 Å². The molecule has 2 rings (SSSR count). The molecule has 1 amide bonds. The van der Waals surface area contributed by atoms with Crippen LogP contribution in [0.4, 0.5) is 5.69 Å². The summed E-state index contributed by atoms with van der Waals surface area (Å²) in [6.45, 7) is 4.66. The van der Waals surface area contributed by atoms with E-state index in [0.29, 0.717) is 12.1 Å². The van der Waals surface area contributed by atoms with E-state index in [1.165, 1.54) is 5.56 Å². The Bertz CT molecular complexity index is 632. The summed E-state index contributed by atoms with van der Waals surface area (Å²) in [6.07, 6.45) is 0. The largest absolute Gasteiger partial charge is 0.387 e. The van der Waals surface area contributed by atoms with E-state index in [1.807, 2.05) is 39.2 Å². The molecule has 0 radical (unpaired) electrons. The lowest BCUT2D eigenvalue weighted by Gasteiger charge is -2.19. The Morgan fingerprint density at radius 3 is 2.29 bits per heavy atom. The standard InChI is InChI=1S/C18H22N2O/c1-13-5-8-15(9-6-13)12-20(4)18(21)16-11-14(2)7-10-17(16)19-3/h5-11,19H,12H2,1-4H3. The van der Waals surface area contributed by atoms with Crippen molar-refractivity contribution in [3.05, 3.63) is 64.7 Å². The van der Waals surface area contributed by atoms with Crippen molar-refractivity contribution in [3.63, 3.8) is 0 Å². The molecule has 0 aliphatic rings. The number of anilines is 1. The second-order valence-corrected chi connectivity index (χ2v) is 5.45. The van der Waals surface area contributed by atoms with E-state index in [-0.39, 0.29) is 5.91 Å². The molecular formula is C18H22N2O. The molecule has 0 atom stereocenters. The van der Waals surface area contributed by atoms with Gasteiger partial charge in [0.1, 0.15) is 0 Å². The van der Waals surface area contributed by atoms with Crippen molar-refractivity contribution in [2.24, 2.45) is 0 Å². The maximum absolute atomic E-state index is 12.6. The number of hydrogen-bond acceptors (Lipinski definition) is 2. The third kappa shape index (κ3) is 3.63. The highest BCUT2D eigenvalue weighted by atomic mass is 16.2. The van der Waals surface area contributed by atoms with Crippen LogP contribution < -0.4 is 5.32 Å². The minimum absolute atomic E-state index is 0.0311. The fourth-order valence-corrected chi connectivity index (χ4v) is 2.30. The third-order valence-electron chi connectivity index (χ3n) is 3.56. The number of hydrogen-bond donors (Lipinski definition) is 1. The average Bonchev–Trinajstić information content (AvgIpc) is 2.48. The van der Waals surface area contributed by atoms with E-state index in [0.717, 1.165) is 16.8 Å². The molecule has 110 valence electrons. The molecule has 0 spiro atoms. The second kappa shape index (κ2) is 6.44. The first-order chi connectivity index (χ1) is 10.0. The van der Waals surface area contributed by atoms with Gasteiger partial charge in [0.15, 0.2) is 0 Å². The van der Waals surface area contributed by atoms with E-state index >= 15 is 0 Å². The van der Waals surface area contributed by atoms with Crippen LogP contribution in [0.3, 0.4) is 0 Å². The zero-order valence-electron chi connectivity index (χ0n) is 13.1. The summed E-state index contributed by atoms with van der Waals surface area (Å²) in [5, 5.41) is 3.08. The van der Waals surface area contributed by atoms with Gasteiger partial charge in [0.2, 0.25) is 0 Å². The maximum Gasteiger partial charge on any atom is 0.256 e. The summed E-state index contributed by atoms with van der Waals surface area (Å²) in [6, 6.07) is 14.1. The molecule has 0 heterocycles. The van der Waals surface area contributed by atoms with Gasteiger partial charge < -0.3 is 10.2 Å². The smallest absolute Gasteiger partial charge is 0.256 e. The molecule has 2 aromatic rings. The number of amides is 1. The molecular weight excluding hydrogens is 260 g/mol. The number of nitrogens with one attached hydrogen (secondary N) is 1. The first-order valence-corrected chi connectivity index (χ1v) is 7.10. The van der Waals surface area contributed by atoms with Gasteiger partial charge in [-0.3, -0.25) is 4.79 Å². The summed E-state index contributed by atoms with van der Waals surface area (Å²) in [7, 11) is 3.67. The highest BCUT2D eigenvalue weighted by Crippen LogP contribution is 2.19. The Balaban J connectivity index is 2.19. The molecule has 0 saturated heterocycles. The van der Waals surface area contributed by atoms with Gasteiger partial charge in [0.25, 0.3) is 5.91 Å². The summed E-state index contributed by atoms with van der Waals surface area (Å²) in [4.78, 5) is 14.4. The summed E-state index contributed by atoms with van der Waals surface area (Å²) in [5.74, 6) is 0.0311. The SMILES string of the molecule is CNc1ccc(C)cc1C(=O)N(C)Cc1ccc(C)cc1. The molecule has 0 fully saturated rings. The number of rotatable bonds is 4. The van der Waals surface area contributed by atoms with Gasteiger partial charge in [-0.15, -0.1) is 0 Å². The Morgan fingerprint density at radius 1 is 1.05 bits per heavy atom. The Kier molecular flexibility index (Phi) is 4.63. The van der Waals surface area contributed by atoms with Gasteiger partial charge in [0, 0.05) is 26.3 Å². The van der Waals surface area contributed by atoms with Crippen molar-refractivity contribution in [3.8, 4) is 0 Å². The lowest BCUT2D eigenvalue weighted by atomic mass is 10.1. The number of carbonyl (C=O) groups excluding carboxylic acids is 1. The predicted octanol–water partition coefficient (Wildman–Crippen LogP) is 3.62. The molecule has 0 aliphatic carbocycles. The van der Waals surface area contributed by atoms with Crippen molar-refractivity contribution in [2.45, 2.75) is 20.4 Å². The molecule has 2 aromatic carbocycles. The average molecular weight is 282 g/mol. The van der Waals surface area contributed by atoms with Crippen LogP contribution in [0.5, 0.6) is 0 Å². The normalized spacial score (nSPS) is 10.3. The van der Waals surface area contributed by atoms with Crippen LogP contribution in [0.15, 0.2) is 42.5 Å². The molecule has 0 bridgehead atoms. The van der Waals surface area contributed by atoms with E-state index in [2.05, 4.69) is 36.5 Å². The molecule has 1 N–H and O–H groups in total. The molecule has 0 aromatic heterocycles. The molecule has 0 aliphatic heterocycles. The first kappa shape index (κ1) is 15.1. The highest BCUT2D eigenvalue weighted by molar-refractivity contribution is 5.99. The molecule has 0 unspecified atom stereocenters. The van der Waals surface area contributed by atoms with Crippen molar-refractivity contribution in [1.82, 2.24) is 4.90 Å². The van der Waals surface area contributed by atoms with Crippen molar-refractivity contribution < 1.29 is 4.79 Å². The van der Waals surface area contributed by atoms with Gasteiger partial charge in [-0.25, -0.2) is 0 Å². The monoisotopic (exact) mass is 282 g/mol. The van der Waals surface area contributed by atoms with Crippen LogP contribution in [-0.4, -0.2) is 24.9 Å². The van der Waals surface area contributed by atoms with Gasteiger partial charge in [-0.2, -0.15) is 0 Å². The fourth-order valence-electron chi connectivity index (χ4n) is 2.30. The molecule has 3 nitrogen and oxygen atoms in total. The minimum atomic E-state index is 0.0311. The highest BCUT2D eigenvalue weighted by Gasteiger charge is 2.15. The summed E-state index contributed by atoms with van der Waals surface area (Å²) < 4.78 is 0. The quantitative estimate of drug-likeness (QED) is 0.929. The topological polar surface area (TPSA) is 32.3 Å². The van der Waals surface area contributed by atoms with Gasteiger partial charge in [0.05, 0.1) is 5.56 Å². The van der Waals surface area contributed by atoms with E-state index in [1.54, 1.807) is 4.90 Å². The van der Waals surface area contributed by atoms with Gasteiger partial charge in [-0.1, -0.05) is 41.5 Å². The van der Waals surface area contributed by atoms with Crippen LogP contribution >= 0.6 is 0 Å². The molecule has 0 saturated carbocycles. The summed E-state index contributed by atoms with van der Waals surface area (Å²) in [5.41, 5.74) is 5.02. The number of carbonyl (C=O) groups is 1. The molecule has 3 heteroatoms. The second-order valence-electron chi connectivity index (χ2n) is 5.45. The van der Waals surface area contributed by atoms with Crippen LogP contribution in [0.2, 0.25) is 0 Å². The van der Waals surface area contributed by atoms with Crippen LogP contribution in [0, 0.1) is 13.8 Å². The van der Waals surface area contributed by atoms with Crippen LogP contribution in [0.1, 0.15) is 27.0 Å². The van der Waals surface area contributed by atoms with Gasteiger partial charge in [-0.05, 0) is 31.5 Å². The van der Waals surface area contributed by atoms with Crippen LogP contribution in [-0.2, 0) is 6.54 Å². The van der Waals surface area contributed by atoms with E-state index in [4.69, 9.17) is 0 Å². The molecule has 21 heavy (non-hydrogen) atoms. The van der Waals surface area contributed by atoms with Crippen molar-refractivity contribution in [2.75, 3.05) is 19.4 Å². The van der Waals surface area contributed by atoms with Crippen LogP contribution in [0.25, 0.3) is 0 Å². The number of nitrogens with zero attached hydrogens (tertiary/aromatic N) is 1. The Hall–Kier alpha value is -2.29. The third-order valence-corrected chi connectivity index (χ3v) is 3.56. The predicted molar refractivity (Wildman–Crippen MR) is 87.7 cm³/mol. The minimum Gasteiger partial charge on any atom is -0.387 e. The maximum atomic E-state index is 12.6. The van der Waals surface area contributed by atoms with Crippen molar-refractivity contribution in [1.29, 1.82) is 0 Å².